The topological polar surface area (TPSA) is 116 Å². The Morgan fingerprint density at radius 2 is 1.68 bits per heavy atom. The molecule has 2 amide bonds. The molecule has 34 heavy (non-hydrogen) atoms. The number of aliphatic carboxylic acids is 1. The third kappa shape index (κ3) is 4.45. The van der Waals surface area contributed by atoms with E-state index in [1.807, 2.05) is 53.8 Å². The lowest BCUT2D eigenvalue weighted by atomic mass is 9.92. The standard InChI is InChI=1S/C24H24F2N2O6/c25-24(26,20(29)28-11-5-10-23(33,14-28)21(30)31)13-27-22(32)34-12-19-17-8-3-1-6-15(17)16-7-2-4-9-18(16)19/h1-4,6-9,19,33H,5,10-14H2,(H,27,32)(H,30,31). The van der Waals surface area contributed by atoms with Crippen LogP contribution in [0.2, 0.25) is 0 Å². The number of hydrogen-bond donors (Lipinski definition) is 3. The van der Waals surface area contributed by atoms with Gasteiger partial charge in [-0.25, -0.2) is 9.59 Å². The van der Waals surface area contributed by atoms with Crippen LogP contribution < -0.4 is 5.32 Å². The Bertz CT molecular complexity index is 1080. The van der Waals surface area contributed by atoms with Gasteiger partial charge in [0.2, 0.25) is 0 Å². The second kappa shape index (κ2) is 9.02. The van der Waals surface area contributed by atoms with E-state index < -0.39 is 42.6 Å². The fourth-order valence-electron chi connectivity index (χ4n) is 4.52. The first kappa shape index (κ1) is 23.6. The van der Waals surface area contributed by atoms with Gasteiger partial charge in [-0.3, -0.25) is 4.79 Å². The summed E-state index contributed by atoms with van der Waals surface area (Å²) in [5.41, 5.74) is 1.70. The summed E-state index contributed by atoms with van der Waals surface area (Å²) in [6.45, 7) is -2.25. The maximum absolute atomic E-state index is 14.5. The Morgan fingerprint density at radius 3 is 2.26 bits per heavy atom. The van der Waals surface area contributed by atoms with Crippen molar-refractivity contribution in [3.8, 4) is 11.1 Å². The van der Waals surface area contributed by atoms with Crippen molar-refractivity contribution in [2.24, 2.45) is 0 Å². The lowest BCUT2D eigenvalue weighted by Crippen LogP contribution is -2.59. The molecule has 0 aromatic heterocycles. The van der Waals surface area contributed by atoms with Crippen molar-refractivity contribution in [1.29, 1.82) is 0 Å². The number of piperidine rings is 1. The summed E-state index contributed by atoms with van der Waals surface area (Å²) in [4.78, 5) is 36.2. The number of carboxylic acids is 1. The maximum Gasteiger partial charge on any atom is 0.407 e. The first-order chi connectivity index (χ1) is 16.1. The quantitative estimate of drug-likeness (QED) is 0.593. The number of likely N-dealkylation sites (tertiary alicyclic amines) is 1. The molecule has 2 aromatic rings. The summed E-state index contributed by atoms with van der Waals surface area (Å²) >= 11 is 0. The van der Waals surface area contributed by atoms with Crippen molar-refractivity contribution < 1.29 is 38.1 Å². The number of ether oxygens (including phenoxy) is 1. The molecule has 1 aliphatic carbocycles. The molecule has 2 aromatic carbocycles. The molecule has 8 nitrogen and oxygen atoms in total. The molecule has 10 heteroatoms. The predicted octanol–water partition coefficient (Wildman–Crippen LogP) is 2.60. The summed E-state index contributed by atoms with van der Waals surface area (Å²) < 4.78 is 34.1. The normalized spacial score (nSPS) is 19.8. The number of nitrogens with zero attached hydrogens (tertiary/aromatic N) is 1. The van der Waals surface area contributed by atoms with Crippen molar-refractivity contribution in [2.75, 3.05) is 26.2 Å². The first-order valence-corrected chi connectivity index (χ1v) is 10.8. The van der Waals surface area contributed by atoms with Gasteiger partial charge in [0.25, 0.3) is 5.91 Å². The zero-order valence-corrected chi connectivity index (χ0v) is 18.2. The number of hydrogen-bond acceptors (Lipinski definition) is 5. The Balaban J connectivity index is 1.34. The number of carbonyl (C=O) groups excluding carboxylic acids is 2. The van der Waals surface area contributed by atoms with E-state index in [0.29, 0.717) is 4.90 Å². The minimum absolute atomic E-state index is 0.0599. The van der Waals surface area contributed by atoms with Crippen molar-refractivity contribution in [3.63, 3.8) is 0 Å². The van der Waals surface area contributed by atoms with E-state index in [0.717, 1.165) is 22.3 Å². The van der Waals surface area contributed by atoms with Crippen LogP contribution in [0.15, 0.2) is 48.5 Å². The van der Waals surface area contributed by atoms with Crippen LogP contribution in [0.1, 0.15) is 29.9 Å². The molecule has 0 saturated carbocycles. The van der Waals surface area contributed by atoms with Gasteiger partial charge in [-0.15, -0.1) is 0 Å². The summed E-state index contributed by atoms with van der Waals surface area (Å²) in [6, 6.07) is 15.3. The van der Waals surface area contributed by atoms with Gasteiger partial charge in [0.1, 0.15) is 6.61 Å². The average Bonchev–Trinajstić information content (AvgIpc) is 3.14. The van der Waals surface area contributed by atoms with E-state index >= 15 is 0 Å². The second-order valence-electron chi connectivity index (χ2n) is 8.55. The average molecular weight is 474 g/mol. The van der Waals surface area contributed by atoms with Crippen LogP contribution in [0, 0.1) is 0 Å². The number of amides is 2. The van der Waals surface area contributed by atoms with Crippen molar-refractivity contribution in [1.82, 2.24) is 10.2 Å². The highest BCUT2D eigenvalue weighted by Crippen LogP contribution is 2.44. The third-order valence-electron chi connectivity index (χ3n) is 6.27. The number of benzene rings is 2. The van der Waals surface area contributed by atoms with E-state index in [-0.39, 0.29) is 31.9 Å². The van der Waals surface area contributed by atoms with Crippen molar-refractivity contribution >= 4 is 18.0 Å². The largest absolute Gasteiger partial charge is 0.479 e. The van der Waals surface area contributed by atoms with E-state index in [9.17, 15) is 28.3 Å². The fraction of sp³-hybridized carbons (Fsp3) is 0.375. The number of alkyl halides is 2. The van der Waals surface area contributed by atoms with Gasteiger partial charge >= 0.3 is 18.0 Å². The number of alkyl carbamates (subject to hydrolysis) is 1. The van der Waals surface area contributed by atoms with Crippen molar-refractivity contribution in [3.05, 3.63) is 59.7 Å². The Hall–Kier alpha value is -3.53. The van der Waals surface area contributed by atoms with Gasteiger partial charge in [-0.1, -0.05) is 48.5 Å². The number of nitrogens with one attached hydrogen (secondary N) is 1. The third-order valence-corrected chi connectivity index (χ3v) is 6.27. The fourth-order valence-corrected chi connectivity index (χ4v) is 4.52. The molecule has 1 unspecified atom stereocenters. The monoisotopic (exact) mass is 474 g/mol. The van der Waals surface area contributed by atoms with E-state index in [4.69, 9.17) is 9.84 Å². The molecular formula is C24H24F2N2O6. The molecule has 1 aliphatic heterocycles. The molecule has 4 rings (SSSR count). The van der Waals surface area contributed by atoms with Gasteiger partial charge in [-0.05, 0) is 35.1 Å². The lowest BCUT2D eigenvalue weighted by molar-refractivity contribution is -0.174. The highest BCUT2D eigenvalue weighted by atomic mass is 19.3. The second-order valence-corrected chi connectivity index (χ2v) is 8.55. The summed E-state index contributed by atoms with van der Waals surface area (Å²) in [5, 5.41) is 21.1. The molecule has 180 valence electrons. The van der Waals surface area contributed by atoms with Gasteiger partial charge in [-0.2, -0.15) is 8.78 Å². The minimum Gasteiger partial charge on any atom is -0.479 e. The molecule has 1 fully saturated rings. The Kier molecular flexibility index (Phi) is 6.26. The molecular weight excluding hydrogens is 450 g/mol. The summed E-state index contributed by atoms with van der Waals surface area (Å²) in [6.07, 6.45) is -1.19. The predicted molar refractivity (Wildman–Crippen MR) is 116 cm³/mol. The highest BCUT2D eigenvalue weighted by molar-refractivity contribution is 5.86. The molecule has 0 bridgehead atoms. The number of carbonyl (C=O) groups is 3. The molecule has 0 spiro atoms. The van der Waals surface area contributed by atoms with Gasteiger partial charge in [0.05, 0.1) is 13.1 Å². The molecule has 0 radical (unpaired) electrons. The van der Waals surface area contributed by atoms with Gasteiger partial charge < -0.3 is 25.2 Å². The Labute approximate surface area is 194 Å². The van der Waals surface area contributed by atoms with Crippen LogP contribution in [0.25, 0.3) is 11.1 Å². The first-order valence-electron chi connectivity index (χ1n) is 10.8. The van der Waals surface area contributed by atoms with Crippen LogP contribution in [0.3, 0.4) is 0 Å². The zero-order valence-electron chi connectivity index (χ0n) is 18.2. The number of rotatable bonds is 6. The van der Waals surface area contributed by atoms with Crippen LogP contribution in [-0.4, -0.2) is 70.8 Å². The number of halogens is 2. The molecule has 2 aliphatic rings. The number of carboxylic acid groups (broad SMARTS) is 1. The van der Waals surface area contributed by atoms with E-state index in [1.54, 1.807) is 0 Å². The van der Waals surface area contributed by atoms with E-state index in [2.05, 4.69) is 0 Å². The maximum atomic E-state index is 14.5. The SMILES string of the molecule is O=C(NCC(F)(F)C(=O)N1CCCC(O)(C(=O)O)C1)OCC1c2ccccc2-c2ccccc21. The van der Waals surface area contributed by atoms with Crippen LogP contribution in [-0.2, 0) is 14.3 Å². The number of fused-ring (bicyclic) bond motifs is 3. The summed E-state index contributed by atoms with van der Waals surface area (Å²) in [5.74, 6) is -7.49. The Morgan fingerprint density at radius 1 is 1.09 bits per heavy atom. The van der Waals surface area contributed by atoms with E-state index in [1.165, 1.54) is 0 Å². The molecule has 1 saturated heterocycles. The van der Waals surface area contributed by atoms with Crippen LogP contribution >= 0.6 is 0 Å². The van der Waals surface area contributed by atoms with Crippen LogP contribution in [0.4, 0.5) is 13.6 Å². The minimum atomic E-state index is -4.00. The van der Waals surface area contributed by atoms with Crippen LogP contribution in [0.5, 0.6) is 0 Å². The molecule has 3 N–H and O–H groups in total. The lowest BCUT2D eigenvalue weighted by Gasteiger charge is -2.37. The summed E-state index contributed by atoms with van der Waals surface area (Å²) in [7, 11) is 0. The molecule has 1 heterocycles. The number of aliphatic hydroxyl groups is 1. The molecule has 1 atom stereocenters. The van der Waals surface area contributed by atoms with Gasteiger partial charge in [0.15, 0.2) is 5.60 Å². The smallest absolute Gasteiger partial charge is 0.407 e. The van der Waals surface area contributed by atoms with Crippen molar-refractivity contribution in [2.45, 2.75) is 30.3 Å². The highest BCUT2D eigenvalue weighted by Gasteiger charge is 2.48. The zero-order chi connectivity index (χ0) is 24.5. The van der Waals surface area contributed by atoms with Gasteiger partial charge in [0, 0.05) is 12.5 Å². The number of β-amino-alcohol motifs (C(OH)–C–C–N with tert-alkyl or cyclic N) is 1.